The van der Waals surface area contributed by atoms with E-state index in [1.807, 2.05) is 6.92 Å². The molecule has 2 N–H and O–H groups in total. The van der Waals surface area contributed by atoms with E-state index in [0.29, 0.717) is 6.42 Å². The number of aromatic hydroxyl groups is 1. The summed E-state index contributed by atoms with van der Waals surface area (Å²) in [5, 5.41) is 19.5. The van der Waals surface area contributed by atoms with E-state index in [0.717, 1.165) is 12.8 Å². The Bertz CT molecular complexity index is 426. The lowest BCUT2D eigenvalue weighted by Crippen LogP contribution is -2.15. The van der Waals surface area contributed by atoms with Crippen LogP contribution in [0.3, 0.4) is 0 Å². The monoisotopic (exact) mass is 213 g/mol. The van der Waals surface area contributed by atoms with E-state index in [2.05, 4.69) is 9.97 Å². The summed E-state index contributed by atoms with van der Waals surface area (Å²) in [4.78, 5) is 26.4. The summed E-state index contributed by atoms with van der Waals surface area (Å²) in [6, 6.07) is 0. The first-order valence-electron chi connectivity index (χ1n) is 4.52. The average Bonchev–Trinajstić information content (AvgIpc) is 2.12. The summed E-state index contributed by atoms with van der Waals surface area (Å²) in [5.74, 6) is -0.556. The Labute approximate surface area is 84.9 Å². The van der Waals surface area contributed by atoms with Gasteiger partial charge in [0.2, 0.25) is 0 Å². The van der Waals surface area contributed by atoms with Crippen LogP contribution in [0.25, 0.3) is 0 Å². The van der Waals surface area contributed by atoms with E-state index in [-0.39, 0.29) is 5.82 Å². The number of aryl methyl sites for hydroxylation is 1. The molecule has 0 aliphatic carbocycles. The summed E-state index contributed by atoms with van der Waals surface area (Å²) < 4.78 is 0. The molecule has 7 heteroatoms. The molecule has 0 fully saturated rings. The van der Waals surface area contributed by atoms with Crippen LogP contribution in [0.2, 0.25) is 0 Å². The molecule has 0 amide bonds. The number of nitrogens with one attached hydrogen (secondary N) is 1. The number of hydrogen-bond acceptors (Lipinski definition) is 5. The highest BCUT2D eigenvalue weighted by Crippen LogP contribution is 2.16. The van der Waals surface area contributed by atoms with E-state index in [1.54, 1.807) is 0 Å². The first kappa shape index (κ1) is 11.2. The average molecular weight is 213 g/mol. The van der Waals surface area contributed by atoms with Gasteiger partial charge in [-0.05, 0) is 6.42 Å². The molecule has 0 saturated carbocycles. The van der Waals surface area contributed by atoms with E-state index in [4.69, 9.17) is 5.11 Å². The van der Waals surface area contributed by atoms with Crippen molar-refractivity contribution >= 4 is 5.69 Å². The van der Waals surface area contributed by atoms with Crippen molar-refractivity contribution in [2.75, 3.05) is 0 Å². The van der Waals surface area contributed by atoms with E-state index in [9.17, 15) is 14.9 Å². The smallest absolute Gasteiger partial charge is 0.395 e. The Morgan fingerprint density at radius 1 is 1.60 bits per heavy atom. The minimum atomic E-state index is -0.954. The van der Waals surface area contributed by atoms with Crippen LogP contribution in [0.1, 0.15) is 25.6 Å². The SMILES string of the molecule is CCCCc1nc(O)c([N+](=O)[O-])c(=O)[nH]1. The fourth-order valence-electron chi connectivity index (χ4n) is 1.13. The molecule has 7 nitrogen and oxygen atoms in total. The van der Waals surface area contributed by atoms with Gasteiger partial charge < -0.3 is 10.1 Å². The summed E-state index contributed by atoms with van der Waals surface area (Å²) >= 11 is 0. The zero-order valence-electron chi connectivity index (χ0n) is 8.19. The molecule has 0 radical (unpaired) electrons. The lowest BCUT2D eigenvalue weighted by atomic mass is 10.2. The Hall–Kier alpha value is -1.92. The van der Waals surface area contributed by atoms with Crippen LogP contribution < -0.4 is 5.56 Å². The van der Waals surface area contributed by atoms with Crippen LogP contribution in [-0.4, -0.2) is 20.0 Å². The maximum atomic E-state index is 11.2. The molecule has 0 spiro atoms. The Morgan fingerprint density at radius 3 is 2.73 bits per heavy atom. The Kier molecular flexibility index (Phi) is 3.37. The molecule has 1 heterocycles. The molecular formula is C8H11N3O4. The third kappa shape index (κ3) is 2.52. The predicted molar refractivity (Wildman–Crippen MR) is 51.8 cm³/mol. The van der Waals surface area contributed by atoms with Gasteiger partial charge in [0.25, 0.3) is 5.88 Å². The summed E-state index contributed by atoms with van der Waals surface area (Å²) in [6.07, 6.45) is 2.18. The second-order valence-corrected chi connectivity index (χ2v) is 3.05. The first-order valence-corrected chi connectivity index (χ1v) is 4.52. The van der Waals surface area contributed by atoms with Crippen molar-refractivity contribution in [1.82, 2.24) is 9.97 Å². The van der Waals surface area contributed by atoms with Crippen molar-refractivity contribution in [1.29, 1.82) is 0 Å². The molecule has 0 unspecified atom stereocenters. The van der Waals surface area contributed by atoms with E-state index in [1.165, 1.54) is 0 Å². The minimum absolute atomic E-state index is 0.268. The van der Waals surface area contributed by atoms with Gasteiger partial charge in [-0.25, -0.2) is 0 Å². The second-order valence-electron chi connectivity index (χ2n) is 3.05. The highest BCUT2D eigenvalue weighted by atomic mass is 16.6. The number of hydrogen-bond donors (Lipinski definition) is 2. The van der Waals surface area contributed by atoms with Gasteiger partial charge in [-0.2, -0.15) is 4.98 Å². The third-order valence-corrected chi connectivity index (χ3v) is 1.88. The van der Waals surface area contributed by atoms with Crippen molar-refractivity contribution in [3.8, 4) is 5.88 Å². The van der Waals surface area contributed by atoms with Crippen molar-refractivity contribution in [3.05, 3.63) is 26.3 Å². The number of aromatic nitrogens is 2. The normalized spacial score (nSPS) is 10.2. The maximum Gasteiger partial charge on any atom is 0.395 e. The topological polar surface area (TPSA) is 109 Å². The Balaban J connectivity index is 3.09. The van der Waals surface area contributed by atoms with Crippen molar-refractivity contribution < 1.29 is 10.0 Å². The van der Waals surface area contributed by atoms with Crippen LogP contribution >= 0.6 is 0 Å². The summed E-state index contributed by atoms with van der Waals surface area (Å²) in [6.45, 7) is 1.96. The van der Waals surface area contributed by atoms with Gasteiger partial charge in [0.15, 0.2) is 0 Å². The van der Waals surface area contributed by atoms with Crippen molar-refractivity contribution in [3.63, 3.8) is 0 Å². The van der Waals surface area contributed by atoms with Gasteiger partial charge in [-0.1, -0.05) is 13.3 Å². The minimum Gasteiger partial charge on any atom is -0.488 e. The lowest BCUT2D eigenvalue weighted by molar-refractivity contribution is -0.387. The molecule has 0 aromatic carbocycles. The molecule has 1 aromatic heterocycles. The van der Waals surface area contributed by atoms with E-state index >= 15 is 0 Å². The molecule has 0 aliphatic heterocycles. The molecule has 0 atom stereocenters. The van der Waals surface area contributed by atoms with Gasteiger partial charge in [-0.15, -0.1) is 0 Å². The van der Waals surface area contributed by atoms with Gasteiger partial charge in [0.1, 0.15) is 5.82 Å². The number of rotatable bonds is 4. The largest absolute Gasteiger partial charge is 0.488 e. The zero-order chi connectivity index (χ0) is 11.4. The van der Waals surface area contributed by atoms with E-state index < -0.39 is 22.0 Å². The molecule has 1 rings (SSSR count). The number of aromatic amines is 1. The van der Waals surface area contributed by atoms with Gasteiger partial charge in [-0.3, -0.25) is 14.9 Å². The highest BCUT2D eigenvalue weighted by molar-refractivity contribution is 5.36. The molecule has 82 valence electrons. The number of nitro groups is 1. The summed E-state index contributed by atoms with van der Waals surface area (Å²) in [7, 11) is 0. The molecule has 0 aliphatic rings. The fourth-order valence-corrected chi connectivity index (χ4v) is 1.13. The predicted octanol–water partition coefficient (Wildman–Crippen LogP) is 0.726. The molecule has 0 saturated heterocycles. The standard InChI is InChI=1S/C8H11N3O4/c1-2-3-4-5-9-7(12)6(11(14)15)8(13)10-5/h2-4H2,1H3,(H2,9,10,12,13). The Morgan fingerprint density at radius 2 is 2.27 bits per heavy atom. The van der Waals surface area contributed by atoms with Crippen LogP contribution in [0.4, 0.5) is 5.69 Å². The number of H-pyrrole nitrogens is 1. The van der Waals surface area contributed by atoms with Gasteiger partial charge >= 0.3 is 11.2 Å². The zero-order valence-corrected chi connectivity index (χ0v) is 8.19. The fraction of sp³-hybridized carbons (Fsp3) is 0.500. The maximum absolute atomic E-state index is 11.2. The van der Waals surface area contributed by atoms with Crippen LogP contribution in [-0.2, 0) is 6.42 Å². The summed E-state index contributed by atoms with van der Waals surface area (Å²) in [5.41, 5.74) is -1.83. The molecule has 0 bridgehead atoms. The third-order valence-electron chi connectivity index (χ3n) is 1.88. The van der Waals surface area contributed by atoms with Gasteiger partial charge in [0, 0.05) is 6.42 Å². The van der Waals surface area contributed by atoms with Crippen LogP contribution in [0.15, 0.2) is 4.79 Å². The van der Waals surface area contributed by atoms with Crippen LogP contribution in [0.5, 0.6) is 5.88 Å². The lowest BCUT2D eigenvalue weighted by Gasteiger charge is -1.99. The van der Waals surface area contributed by atoms with Crippen molar-refractivity contribution in [2.24, 2.45) is 0 Å². The second kappa shape index (κ2) is 4.54. The van der Waals surface area contributed by atoms with Gasteiger partial charge in [0.05, 0.1) is 4.92 Å². The van der Waals surface area contributed by atoms with Crippen LogP contribution in [0, 0.1) is 10.1 Å². The van der Waals surface area contributed by atoms with Crippen molar-refractivity contribution in [2.45, 2.75) is 26.2 Å². The molecule has 1 aromatic rings. The molecule has 15 heavy (non-hydrogen) atoms. The highest BCUT2D eigenvalue weighted by Gasteiger charge is 2.21. The first-order chi connectivity index (χ1) is 7.06. The number of nitrogens with zero attached hydrogens (tertiary/aromatic N) is 2. The quantitative estimate of drug-likeness (QED) is 0.565. The molecular weight excluding hydrogens is 202 g/mol. The number of unbranched alkanes of at least 4 members (excludes halogenated alkanes) is 1.